The molecule has 4 heterocycles. The molecule has 9 rings (SSSR count). The molecule has 0 bridgehead atoms. The number of benzene rings is 5. The van der Waals surface area contributed by atoms with Crippen LogP contribution in [0.4, 0.5) is 0 Å². The van der Waals surface area contributed by atoms with Crippen molar-refractivity contribution in [2.24, 2.45) is 0 Å². The van der Waals surface area contributed by atoms with Crippen LogP contribution in [-0.4, -0.2) is 24.1 Å². The standard InChI is InChI=1S/C39H25N5/c1-2-12-26(13-3-1)39-41-32(24-38(42-39)44-34-19-9-5-14-27(34)28-15-6-10-20-35(28)44)31-17-7-11-21-36(31)43-33-18-8-4-16-29(33)30-22-23-40-25-37(30)43/h1-25H/i1D,2D,3D,4D,5D,6D,7D,8D,9D,10D,11D,12D,13D,14D,15D,16D,17D,18D,19D,20D,21D,22D,23D,24D,25D. The van der Waals surface area contributed by atoms with Gasteiger partial charge in [0.05, 0.1) is 73.9 Å². The molecule has 5 aromatic carbocycles. The molecule has 0 spiro atoms. The highest BCUT2D eigenvalue weighted by atomic mass is 15.1. The van der Waals surface area contributed by atoms with E-state index in [1.807, 2.05) is 0 Å². The van der Waals surface area contributed by atoms with E-state index < -0.39 is 229 Å². The molecule has 0 N–H and O–H groups in total. The van der Waals surface area contributed by atoms with Crippen molar-refractivity contribution >= 4 is 43.6 Å². The Bertz CT molecular complexity index is 3810. The summed E-state index contributed by atoms with van der Waals surface area (Å²) in [6, 6.07) is -20.7. The van der Waals surface area contributed by atoms with Gasteiger partial charge in [0, 0.05) is 44.9 Å². The summed E-state index contributed by atoms with van der Waals surface area (Å²) in [4.78, 5) is 12.6. The van der Waals surface area contributed by atoms with Crippen LogP contribution >= 0.6 is 0 Å². The molecule has 0 saturated carbocycles. The Kier molecular flexibility index (Phi) is 2.28. The summed E-state index contributed by atoms with van der Waals surface area (Å²) in [5, 5.41) is -1.94. The summed E-state index contributed by atoms with van der Waals surface area (Å²) >= 11 is 0. The molecule has 0 fully saturated rings. The number of fused-ring (bicyclic) bond motifs is 6. The molecule has 9 aromatic rings. The summed E-state index contributed by atoms with van der Waals surface area (Å²) in [5.74, 6) is -1.79. The summed E-state index contributed by atoms with van der Waals surface area (Å²) < 4.78 is 222. The number of nitrogens with zero attached hydrogens (tertiary/aromatic N) is 5. The van der Waals surface area contributed by atoms with Crippen LogP contribution in [0.15, 0.2) is 151 Å². The van der Waals surface area contributed by atoms with Gasteiger partial charge in [-0.3, -0.25) is 9.55 Å². The quantitative estimate of drug-likeness (QED) is 0.206. The van der Waals surface area contributed by atoms with E-state index in [4.69, 9.17) is 30.2 Å². The van der Waals surface area contributed by atoms with Gasteiger partial charge in [0.15, 0.2) is 5.82 Å². The lowest BCUT2D eigenvalue weighted by atomic mass is 10.1. The molecule has 0 unspecified atom stereocenters. The third kappa shape index (κ3) is 3.69. The smallest absolute Gasteiger partial charge is 0.162 e. The largest absolute Gasteiger partial charge is 0.307 e. The van der Waals surface area contributed by atoms with Crippen molar-refractivity contribution in [3.8, 4) is 34.2 Å². The SMILES string of the molecule is [2H]c1nc([2H])c2c(c1[2H])c1c([2H])c([2H])c([2H])c([2H])c1n2-c1c([2H])c([2H])c([2H])c([2H])c1-c1nc(-c2c([2H])c([2H])c([2H])c([2H])c2[2H])nc(-n2c3c([2H])c([2H])c([2H])c([2H])c3c3c([2H])c([2H])c([2H])c([2H])c32)c1[2H]. The average molecular weight is 589 g/mol. The zero-order valence-corrected chi connectivity index (χ0v) is 21.7. The van der Waals surface area contributed by atoms with Gasteiger partial charge in [-0.05, 0) is 30.2 Å². The Morgan fingerprint density at radius 1 is 0.500 bits per heavy atom. The van der Waals surface area contributed by atoms with E-state index in [0.29, 0.717) is 0 Å². The maximum absolute atomic E-state index is 9.90. The van der Waals surface area contributed by atoms with Crippen molar-refractivity contribution in [1.29, 1.82) is 0 Å². The fourth-order valence-corrected chi connectivity index (χ4v) is 4.98. The Morgan fingerprint density at radius 2 is 1.07 bits per heavy atom. The molecule has 0 atom stereocenters. The van der Waals surface area contributed by atoms with E-state index >= 15 is 0 Å². The lowest BCUT2D eigenvalue weighted by Gasteiger charge is -2.16. The predicted octanol–water partition coefficient (Wildman–Crippen LogP) is 9.40. The molecule has 0 amide bonds. The van der Waals surface area contributed by atoms with Crippen LogP contribution in [0.25, 0.3) is 77.8 Å². The number of hydrogen-bond acceptors (Lipinski definition) is 3. The van der Waals surface area contributed by atoms with Gasteiger partial charge >= 0.3 is 0 Å². The fourth-order valence-electron chi connectivity index (χ4n) is 4.98. The van der Waals surface area contributed by atoms with Crippen LogP contribution in [-0.2, 0) is 0 Å². The van der Waals surface area contributed by atoms with Crippen molar-refractivity contribution in [1.82, 2.24) is 24.1 Å². The molecule has 4 aromatic heterocycles. The van der Waals surface area contributed by atoms with Crippen LogP contribution in [0, 0.1) is 0 Å². The zero-order valence-electron chi connectivity index (χ0n) is 46.7. The normalized spacial score (nSPS) is 19.6. The minimum Gasteiger partial charge on any atom is -0.307 e. The summed E-state index contributed by atoms with van der Waals surface area (Å²) in [5.41, 5.74) is -5.81. The topological polar surface area (TPSA) is 48.5 Å². The Balaban J connectivity index is 1.61. The number of rotatable bonds is 4. The van der Waals surface area contributed by atoms with Crippen molar-refractivity contribution in [2.75, 3.05) is 0 Å². The number of hydrogen-bond donors (Lipinski definition) is 0. The summed E-state index contributed by atoms with van der Waals surface area (Å²) in [6.45, 7) is 0. The van der Waals surface area contributed by atoms with Crippen molar-refractivity contribution in [3.63, 3.8) is 0 Å². The van der Waals surface area contributed by atoms with E-state index in [-0.39, 0.29) is 0 Å². The van der Waals surface area contributed by atoms with Crippen LogP contribution in [0.2, 0.25) is 0 Å². The van der Waals surface area contributed by atoms with E-state index in [2.05, 4.69) is 15.0 Å². The van der Waals surface area contributed by atoms with Gasteiger partial charge in [0.25, 0.3) is 0 Å². The summed E-state index contributed by atoms with van der Waals surface area (Å²) in [7, 11) is 0. The van der Waals surface area contributed by atoms with Crippen molar-refractivity contribution in [3.05, 3.63) is 151 Å². The first-order chi connectivity index (χ1) is 32.2. The predicted molar refractivity (Wildman–Crippen MR) is 179 cm³/mol. The van der Waals surface area contributed by atoms with Gasteiger partial charge in [0.1, 0.15) is 5.82 Å². The third-order valence-electron chi connectivity index (χ3n) is 6.76. The lowest BCUT2D eigenvalue weighted by Crippen LogP contribution is -2.04. The second-order valence-electron chi connectivity index (χ2n) is 9.09. The van der Waals surface area contributed by atoms with Crippen molar-refractivity contribution < 1.29 is 34.3 Å². The highest BCUT2D eigenvalue weighted by Crippen LogP contribution is 2.37. The van der Waals surface area contributed by atoms with Gasteiger partial charge in [-0.15, -0.1) is 0 Å². The Labute approximate surface area is 288 Å². The van der Waals surface area contributed by atoms with Crippen LogP contribution in [0.3, 0.4) is 0 Å². The highest BCUT2D eigenvalue weighted by molar-refractivity contribution is 6.10. The fraction of sp³-hybridized carbons (Fsp3) is 0. The number of para-hydroxylation sites is 4. The van der Waals surface area contributed by atoms with E-state index in [1.165, 1.54) is 0 Å². The number of pyridine rings is 1. The minimum atomic E-state index is -1.06. The molecule has 0 aliphatic carbocycles. The second kappa shape index (κ2) is 9.75. The zero-order chi connectivity index (χ0) is 50.8. The van der Waals surface area contributed by atoms with Crippen LogP contribution < -0.4 is 0 Å². The highest BCUT2D eigenvalue weighted by Gasteiger charge is 2.19. The lowest BCUT2D eigenvalue weighted by molar-refractivity contribution is 1.04. The minimum absolute atomic E-state index is 0.469. The molecule has 206 valence electrons. The number of aromatic nitrogens is 5. The monoisotopic (exact) mass is 588 g/mol. The maximum atomic E-state index is 9.90. The molecule has 0 radical (unpaired) electrons. The van der Waals surface area contributed by atoms with E-state index in [1.54, 1.807) is 0 Å². The Hall–Kier alpha value is -6.07. The summed E-state index contributed by atoms with van der Waals surface area (Å²) in [6.07, 6.45) is -1.67. The Morgan fingerprint density at radius 3 is 1.77 bits per heavy atom. The first-order valence-electron chi connectivity index (χ1n) is 25.2. The third-order valence-corrected chi connectivity index (χ3v) is 6.76. The first kappa shape index (κ1) is 10.3. The first-order valence-corrected chi connectivity index (χ1v) is 12.7. The molecule has 0 aliphatic heterocycles. The molecule has 44 heavy (non-hydrogen) atoms. The van der Waals surface area contributed by atoms with Gasteiger partial charge in [-0.1, -0.05) is 103 Å². The molecule has 0 saturated heterocycles. The molecule has 5 nitrogen and oxygen atoms in total. The van der Waals surface area contributed by atoms with E-state index in [9.17, 15) is 4.11 Å². The molecular weight excluding hydrogens is 538 g/mol. The molecule has 5 heteroatoms. The maximum Gasteiger partial charge on any atom is 0.162 e. The van der Waals surface area contributed by atoms with Gasteiger partial charge in [-0.25, -0.2) is 9.97 Å². The van der Waals surface area contributed by atoms with E-state index in [0.717, 1.165) is 9.13 Å². The molecule has 0 aliphatic rings. The second-order valence-corrected chi connectivity index (χ2v) is 9.09. The van der Waals surface area contributed by atoms with Crippen molar-refractivity contribution in [2.45, 2.75) is 0 Å². The van der Waals surface area contributed by atoms with Gasteiger partial charge in [0.2, 0.25) is 0 Å². The van der Waals surface area contributed by atoms with Gasteiger partial charge in [-0.2, -0.15) is 0 Å². The van der Waals surface area contributed by atoms with Crippen LogP contribution in [0.1, 0.15) is 34.3 Å². The molecular formula is C39H25N5. The van der Waals surface area contributed by atoms with Gasteiger partial charge < -0.3 is 4.57 Å². The average Bonchev–Trinajstić information content (AvgIpc) is 3.87. The van der Waals surface area contributed by atoms with Crippen LogP contribution in [0.5, 0.6) is 0 Å².